The second-order valence-corrected chi connectivity index (χ2v) is 6.74. The van der Waals surface area contributed by atoms with Gasteiger partial charge in [0, 0.05) is 29.4 Å². The van der Waals surface area contributed by atoms with Crippen LogP contribution in [0.25, 0.3) is 33.7 Å². The molecular weight excluding hydrogens is 414 g/mol. The Kier molecular flexibility index (Phi) is 6.02. The number of amides is 1. The molecule has 0 spiro atoms. The zero-order valence-electron chi connectivity index (χ0n) is 17.1. The normalized spacial score (nSPS) is 10.8. The average Bonchev–Trinajstić information content (AvgIpc) is 3.30. The molecule has 3 heterocycles. The van der Waals surface area contributed by atoms with Gasteiger partial charge in [-0.05, 0) is 25.1 Å². The number of esters is 1. The maximum atomic E-state index is 12.9. The molecule has 1 amide bonds. The van der Waals surface area contributed by atoms with Gasteiger partial charge in [-0.1, -0.05) is 23.4 Å². The van der Waals surface area contributed by atoms with E-state index >= 15 is 0 Å². The summed E-state index contributed by atoms with van der Waals surface area (Å²) in [6.45, 7) is 1.37. The Bertz CT molecular complexity index is 1330. The minimum atomic E-state index is -0.546. The van der Waals surface area contributed by atoms with Gasteiger partial charge in [-0.25, -0.2) is 0 Å². The van der Waals surface area contributed by atoms with Crippen molar-refractivity contribution in [1.82, 2.24) is 25.0 Å². The van der Waals surface area contributed by atoms with E-state index in [-0.39, 0.29) is 25.6 Å². The van der Waals surface area contributed by atoms with Crippen LogP contribution in [-0.4, -0.2) is 44.7 Å². The highest BCUT2D eigenvalue weighted by atomic mass is 16.5. The summed E-state index contributed by atoms with van der Waals surface area (Å²) >= 11 is 0. The smallest absolute Gasteiger partial charge is 0.325 e. The Hall–Kier alpha value is -4.34. The third-order valence-corrected chi connectivity index (χ3v) is 4.65. The van der Waals surface area contributed by atoms with E-state index in [9.17, 15) is 14.4 Å². The van der Waals surface area contributed by atoms with Gasteiger partial charge < -0.3 is 14.6 Å². The van der Waals surface area contributed by atoms with E-state index in [0.717, 1.165) is 5.56 Å². The maximum Gasteiger partial charge on any atom is 0.325 e. The van der Waals surface area contributed by atoms with Crippen molar-refractivity contribution in [2.75, 3.05) is 13.2 Å². The van der Waals surface area contributed by atoms with Gasteiger partial charge in [-0.3, -0.25) is 23.9 Å². The molecule has 0 aliphatic rings. The first-order valence-corrected chi connectivity index (χ1v) is 9.86. The van der Waals surface area contributed by atoms with Crippen molar-refractivity contribution in [3.8, 4) is 22.8 Å². The number of ether oxygens (including phenoxy) is 1. The number of pyridine rings is 2. The number of aromatic nitrogens is 4. The van der Waals surface area contributed by atoms with Crippen molar-refractivity contribution < 1.29 is 18.8 Å². The third-order valence-electron chi connectivity index (χ3n) is 4.65. The molecule has 0 saturated heterocycles. The molecule has 1 aromatic carbocycles. The summed E-state index contributed by atoms with van der Waals surface area (Å²) in [7, 11) is 0. The van der Waals surface area contributed by atoms with Gasteiger partial charge in [0.1, 0.15) is 13.1 Å². The summed E-state index contributed by atoms with van der Waals surface area (Å²) in [6.07, 6.45) is 3.24. The van der Waals surface area contributed by atoms with Crippen molar-refractivity contribution in [2.24, 2.45) is 0 Å². The van der Waals surface area contributed by atoms with Crippen LogP contribution >= 0.6 is 0 Å². The molecule has 4 aromatic rings. The first kappa shape index (κ1) is 20.9. The molecule has 0 atom stereocenters. The fourth-order valence-corrected chi connectivity index (χ4v) is 3.21. The third kappa shape index (κ3) is 4.38. The Balaban J connectivity index is 1.66. The summed E-state index contributed by atoms with van der Waals surface area (Å²) in [5.41, 5.74) is 1.28. The number of para-hydroxylation sites is 1. The fourth-order valence-electron chi connectivity index (χ4n) is 3.21. The van der Waals surface area contributed by atoms with Gasteiger partial charge in [-0.15, -0.1) is 0 Å². The maximum absolute atomic E-state index is 12.9. The fraction of sp³-hybridized carbons (Fsp3) is 0.182. The van der Waals surface area contributed by atoms with Crippen molar-refractivity contribution >= 4 is 22.8 Å². The molecule has 0 saturated carbocycles. The zero-order chi connectivity index (χ0) is 22.5. The summed E-state index contributed by atoms with van der Waals surface area (Å²) in [5.74, 6) is -0.483. The van der Waals surface area contributed by atoms with Crippen LogP contribution in [0.4, 0.5) is 0 Å². The number of nitrogens with zero attached hydrogens (tertiary/aromatic N) is 4. The van der Waals surface area contributed by atoms with Gasteiger partial charge >= 0.3 is 5.97 Å². The lowest BCUT2D eigenvalue weighted by Gasteiger charge is -2.12. The van der Waals surface area contributed by atoms with Crippen LogP contribution in [-0.2, 0) is 20.9 Å². The lowest BCUT2D eigenvalue weighted by molar-refractivity contribution is -0.143. The van der Waals surface area contributed by atoms with E-state index in [4.69, 9.17) is 9.26 Å². The second kappa shape index (κ2) is 9.21. The largest absolute Gasteiger partial charge is 0.465 e. The van der Waals surface area contributed by atoms with Crippen molar-refractivity contribution in [3.63, 3.8) is 0 Å². The van der Waals surface area contributed by atoms with Crippen LogP contribution in [0.5, 0.6) is 0 Å². The van der Waals surface area contributed by atoms with Gasteiger partial charge in [-0.2, -0.15) is 4.98 Å². The molecule has 0 aliphatic carbocycles. The molecule has 10 nitrogen and oxygen atoms in total. The molecule has 0 fully saturated rings. The standard InChI is InChI=1S/C22H19N5O5/c1-2-31-20(30)12-24-18(28)13-27-17-6-4-3-5-15(17)16(11-19(27)29)22-25-21(26-32-22)14-7-9-23-10-8-14/h3-11H,2,12-13H2,1H3,(H,24,28). The van der Waals surface area contributed by atoms with Crippen LogP contribution in [0, 0.1) is 0 Å². The number of hydrogen-bond donors (Lipinski definition) is 1. The molecule has 0 aliphatic heterocycles. The van der Waals surface area contributed by atoms with Crippen LogP contribution in [0.15, 0.2) is 64.2 Å². The predicted molar refractivity (Wildman–Crippen MR) is 114 cm³/mol. The quantitative estimate of drug-likeness (QED) is 0.437. The molecule has 1 N–H and O–H groups in total. The molecule has 10 heteroatoms. The van der Waals surface area contributed by atoms with Crippen molar-refractivity contribution in [2.45, 2.75) is 13.5 Å². The van der Waals surface area contributed by atoms with Crippen molar-refractivity contribution in [1.29, 1.82) is 0 Å². The van der Waals surface area contributed by atoms with E-state index in [1.54, 1.807) is 49.6 Å². The van der Waals surface area contributed by atoms with E-state index in [1.165, 1.54) is 10.6 Å². The Labute approximate surface area is 181 Å². The molecule has 3 aromatic heterocycles. The topological polar surface area (TPSA) is 129 Å². The second-order valence-electron chi connectivity index (χ2n) is 6.74. The molecule has 32 heavy (non-hydrogen) atoms. The number of fused-ring (bicyclic) bond motifs is 1. The van der Waals surface area contributed by atoms with Crippen molar-refractivity contribution in [3.05, 3.63) is 65.2 Å². The molecule has 0 bridgehead atoms. The monoisotopic (exact) mass is 433 g/mol. The van der Waals surface area contributed by atoms with E-state index in [2.05, 4.69) is 20.4 Å². The van der Waals surface area contributed by atoms with Gasteiger partial charge in [0.05, 0.1) is 17.7 Å². The highest BCUT2D eigenvalue weighted by Crippen LogP contribution is 2.27. The van der Waals surface area contributed by atoms with E-state index in [0.29, 0.717) is 22.3 Å². The lowest BCUT2D eigenvalue weighted by atomic mass is 10.1. The van der Waals surface area contributed by atoms with Crippen LogP contribution < -0.4 is 10.9 Å². The van der Waals surface area contributed by atoms with Gasteiger partial charge in [0.15, 0.2) is 0 Å². The summed E-state index contributed by atoms with van der Waals surface area (Å²) in [5, 5.41) is 7.11. The SMILES string of the molecule is CCOC(=O)CNC(=O)Cn1c(=O)cc(-c2nc(-c3ccncc3)no2)c2ccccc21. The zero-order valence-corrected chi connectivity index (χ0v) is 17.1. The molecule has 4 rings (SSSR count). The average molecular weight is 433 g/mol. The number of rotatable bonds is 7. The number of hydrogen-bond acceptors (Lipinski definition) is 8. The van der Waals surface area contributed by atoms with Crippen LogP contribution in [0.1, 0.15) is 6.92 Å². The predicted octanol–water partition coefficient (Wildman–Crippen LogP) is 1.79. The van der Waals surface area contributed by atoms with Gasteiger partial charge in [0.25, 0.3) is 11.4 Å². The Morgan fingerprint density at radius 2 is 1.94 bits per heavy atom. The number of benzene rings is 1. The molecular formula is C22H19N5O5. The minimum Gasteiger partial charge on any atom is -0.465 e. The van der Waals surface area contributed by atoms with E-state index in [1.807, 2.05) is 6.07 Å². The number of carbonyl (C=O) groups is 2. The summed E-state index contributed by atoms with van der Waals surface area (Å²) in [4.78, 5) is 45.0. The number of carbonyl (C=O) groups excluding carboxylic acids is 2. The minimum absolute atomic E-state index is 0.184. The van der Waals surface area contributed by atoms with Crippen LogP contribution in [0.2, 0.25) is 0 Å². The number of nitrogens with one attached hydrogen (secondary N) is 1. The highest BCUT2D eigenvalue weighted by Gasteiger charge is 2.18. The lowest BCUT2D eigenvalue weighted by Crippen LogP contribution is -2.35. The first-order chi connectivity index (χ1) is 15.6. The summed E-state index contributed by atoms with van der Waals surface area (Å²) in [6, 6.07) is 11.9. The summed E-state index contributed by atoms with van der Waals surface area (Å²) < 4.78 is 11.5. The molecule has 162 valence electrons. The Morgan fingerprint density at radius 3 is 2.72 bits per heavy atom. The van der Waals surface area contributed by atoms with Crippen LogP contribution in [0.3, 0.4) is 0 Å². The first-order valence-electron chi connectivity index (χ1n) is 9.86. The molecule has 0 radical (unpaired) electrons. The highest BCUT2D eigenvalue weighted by molar-refractivity contribution is 5.93. The Morgan fingerprint density at radius 1 is 1.16 bits per heavy atom. The van der Waals surface area contributed by atoms with E-state index < -0.39 is 17.4 Å². The van der Waals surface area contributed by atoms with Gasteiger partial charge in [0.2, 0.25) is 11.7 Å². The molecule has 0 unspecified atom stereocenters.